The summed E-state index contributed by atoms with van der Waals surface area (Å²) in [4.78, 5) is 0. The minimum Gasteiger partial charge on any atom is -0.309 e. The normalized spacial score (nSPS) is 12.7. The van der Waals surface area contributed by atoms with E-state index in [1.807, 2.05) is 11.7 Å². The minimum absolute atomic E-state index is 0.307. The predicted molar refractivity (Wildman–Crippen MR) is 88.7 cm³/mol. The summed E-state index contributed by atoms with van der Waals surface area (Å²) in [7, 11) is 2.03. The molecule has 0 radical (unpaired) electrons. The van der Waals surface area contributed by atoms with Gasteiger partial charge < -0.3 is 5.32 Å². The van der Waals surface area contributed by atoms with Gasteiger partial charge in [-0.25, -0.2) is 0 Å². The highest BCUT2D eigenvalue weighted by Gasteiger charge is 2.18. The molecule has 0 amide bonds. The number of aromatic nitrogens is 2. The number of nitrogens with one attached hydrogen (secondary N) is 1. The Morgan fingerprint density at radius 3 is 2.19 bits per heavy atom. The van der Waals surface area contributed by atoms with Gasteiger partial charge in [0.2, 0.25) is 0 Å². The van der Waals surface area contributed by atoms with E-state index in [2.05, 4.69) is 63.2 Å². The summed E-state index contributed by atoms with van der Waals surface area (Å²) in [5.41, 5.74) is 7.89. The first-order valence-corrected chi connectivity index (χ1v) is 7.73. The first kappa shape index (κ1) is 15.8. The number of aryl methyl sites for hydroxylation is 5. The van der Waals surface area contributed by atoms with Crippen molar-refractivity contribution >= 4 is 0 Å². The average Bonchev–Trinajstić information content (AvgIpc) is 2.71. The fourth-order valence-corrected chi connectivity index (χ4v) is 3.22. The molecule has 3 nitrogen and oxygen atoms in total. The molecule has 0 saturated heterocycles. The van der Waals surface area contributed by atoms with Crippen LogP contribution in [0.25, 0.3) is 0 Å². The second-order valence-corrected chi connectivity index (χ2v) is 6.03. The Morgan fingerprint density at radius 1 is 1.10 bits per heavy atom. The van der Waals surface area contributed by atoms with Crippen LogP contribution in [-0.4, -0.2) is 16.3 Å². The van der Waals surface area contributed by atoms with Crippen LogP contribution < -0.4 is 5.32 Å². The molecule has 0 fully saturated rings. The van der Waals surface area contributed by atoms with Crippen LogP contribution in [0.1, 0.15) is 46.6 Å². The van der Waals surface area contributed by atoms with Gasteiger partial charge in [-0.2, -0.15) is 5.10 Å². The lowest BCUT2D eigenvalue weighted by Crippen LogP contribution is -2.25. The summed E-state index contributed by atoms with van der Waals surface area (Å²) in [5, 5.41) is 8.10. The number of benzene rings is 1. The molecule has 2 rings (SSSR count). The van der Waals surface area contributed by atoms with Crippen molar-refractivity contribution in [2.45, 2.75) is 47.1 Å². The Balaban J connectivity index is 2.35. The third-order valence-corrected chi connectivity index (χ3v) is 4.09. The van der Waals surface area contributed by atoms with Crippen molar-refractivity contribution in [1.82, 2.24) is 15.1 Å². The molecule has 1 aromatic heterocycles. The highest BCUT2D eigenvalue weighted by atomic mass is 15.3. The molecule has 0 aliphatic heterocycles. The molecular weight excluding hydrogens is 258 g/mol. The van der Waals surface area contributed by atoms with Crippen LogP contribution in [0.3, 0.4) is 0 Å². The van der Waals surface area contributed by atoms with E-state index in [1.54, 1.807) is 0 Å². The lowest BCUT2D eigenvalue weighted by atomic mass is 9.93. The van der Waals surface area contributed by atoms with Gasteiger partial charge in [-0.05, 0) is 63.4 Å². The van der Waals surface area contributed by atoms with Gasteiger partial charge in [0.05, 0.1) is 17.4 Å². The van der Waals surface area contributed by atoms with E-state index in [4.69, 9.17) is 0 Å². The molecule has 0 spiro atoms. The third kappa shape index (κ3) is 3.53. The van der Waals surface area contributed by atoms with Crippen molar-refractivity contribution in [2.24, 2.45) is 7.05 Å². The fraction of sp³-hybridized carbons (Fsp3) is 0.500. The molecule has 21 heavy (non-hydrogen) atoms. The molecule has 0 aliphatic rings. The van der Waals surface area contributed by atoms with Crippen LogP contribution in [0, 0.1) is 27.7 Å². The van der Waals surface area contributed by atoms with Gasteiger partial charge >= 0.3 is 0 Å². The first-order chi connectivity index (χ1) is 9.92. The Morgan fingerprint density at radius 2 is 1.71 bits per heavy atom. The molecule has 0 bridgehead atoms. The molecule has 0 aliphatic carbocycles. The van der Waals surface area contributed by atoms with Crippen LogP contribution >= 0.6 is 0 Å². The Hall–Kier alpha value is -1.61. The largest absolute Gasteiger partial charge is 0.309 e. The summed E-state index contributed by atoms with van der Waals surface area (Å²) < 4.78 is 2.00. The van der Waals surface area contributed by atoms with Gasteiger partial charge in [-0.1, -0.05) is 24.6 Å². The zero-order valence-corrected chi connectivity index (χ0v) is 14.1. The standard InChI is InChI=1S/C18H27N3/c1-7-19-17(18-10-15(5)20-21(18)6)11-16-13(3)8-12(2)9-14(16)4/h8-10,17,19H,7,11H2,1-6H3. The highest BCUT2D eigenvalue weighted by Crippen LogP contribution is 2.24. The zero-order chi connectivity index (χ0) is 15.6. The average molecular weight is 285 g/mol. The van der Waals surface area contributed by atoms with E-state index in [9.17, 15) is 0 Å². The van der Waals surface area contributed by atoms with E-state index in [1.165, 1.54) is 27.9 Å². The van der Waals surface area contributed by atoms with Gasteiger partial charge in [-0.15, -0.1) is 0 Å². The molecule has 114 valence electrons. The topological polar surface area (TPSA) is 29.9 Å². The minimum atomic E-state index is 0.307. The lowest BCUT2D eigenvalue weighted by molar-refractivity contribution is 0.506. The molecule has 3 heteroatoms. The van der Waals surface area contributed by atoms with Crippen LogP contribution in [0.5, 0.6) is 0 Å². The highest BCUT2D eigenvalue weighted by molar-refractivity contribution is 5.38. The van der Waals surface area contributed by atoms with Gasteiger partial charge in [0, 0.05) is 7.05 Å². The van der Waals surface area contributed by atoms with Gasteiger partial charge in [0.15, 0.2) is 0 Å². The molecule has 1 aromatic carbocycles. The summed E-state index contributed by atoms with van der Waals surface area (Å²) >= 11 is 0. The Bertz CT molecular complexity index is 602. The SMILES string of the molecule is CCNC(Cc1c(C)cc(C)cc1C)c1cc(C)nn1C. The molecule has 1 unspecified atom stereocenters. The van der Waals surface area contributed by atoms with Gasteiger partial charge in [0.1, 0.15) is 0 Å². The molecular formula is C18H27N3. The van der Waals surface area contributed by atoms with Crippen molar-refractivity contribution in [3.63, 3.8) is 0 Å². The van der Waals surface area contributed by atoms with Crippen LogP contribution in [0.15, 0.2) is 18.2 Å². The van der Waals surface area contributed by atoms with Gasteiger partial charge in [0.25, 0.3) is 0 Å². The van der Waals surface area contributed by atoms with Gasteiger partial charge in [-0.3, -0.25) is 4.68 Å². The van der Waals surface area contributed by atoms with E-state index in [0.29, 0.717) is 6.04 Å². The summed E-state index contributed by atoms with van der Waals surface area (Å²) in [6, 6.07) is 7.05. The van der Waals surface area contributed by atoms with Crippen molar-refractivity contribution in [1.29, 1.82) is 0 Å². The van der Waals surface area contributed by atoms with E-state index < -0.39 is 0 Å². The molecule has 0 saturated carbocycles. The third-order valence-electron chi connectivity index (χ3n) is 4.09. The van der Waals surface area contributed by atoms with E-state index in [0.717, 1.165) is 18.7 Å². The van der Waals surface area contributed by atoms with Crippen molar-refractivity contribution in [2.75, 3.05) is 6.54 Å². The fourth-order valence-electron chi connectivity index (χ4n) is 3.22. The lowest BCUT2D eigenvalue weighted by Gasteiger charge is -2.21. The predicted octanol–water partition coefficient (Wildman–Crippen LogP) is 3.55. The van der Waals surface area contributed by atoms with Crippen molar-refractivity contribution < 1.29 is 0 Å². The monoisotopic (exact) mass is 285 g/mol. The number of hydrogen-bond donors (Lipinski definition) is 1. The Kier molecular flexibility index (Phi) is 4.84. The molecule has 1 atom stereocenters. The van der Waals surface area contributed by atoms with Crippen LogP contribution in [-0.2, 0) is 13.5 Å². The molecule has 1 heterocycles. The first-order valence-electron chi connectivity index (χ1n) is 7.73. The summed E-state index contributed by atoms with van der Waals surface area (Å²) in [5.74, 6) is 0. The smallest absolute Gasteiger partial charge is 0.0597 e. The molecule has 1 N–H and O–H groups in total. The number of hydrogen-bond acceptors (Lipinski definition) is 2. The summed E-state index contributed by atoms with van der Waals surface area (Å²) in [6.45, 7) is 11.8. The zero-order valence-electron chi connectivity index (χ0n) is 14.1. The maximum absolute atomic E-state index is 4.49. The van der Waals surface area contributed by atoms with Crippen molar-refractivity contribution in [3.05, 3.63) is 51.8 Å². The number of nitrogens with zero attached hydrogens (tertiary/aromatic N) is 2. The maximum Gasteiger partial charge on any atom is 0.0597 e. The van der Waals surface area contributed by atoms with Crippen molar-refractivity contribution in [3.8, 4) is 0 Å². The number of rotatable bonds is 5. The van der Waals surface area contributed by atoms with Crippen LogP contribution in [0.4, 0.5) is 0 Å². The second-order valence-electron chi connectivity index (χ2n) is 6.03. The quantitative estimate of drug-likeness (QED) is 0.910. The van der Waals surface area contributed by atoms with E-state index >= 15 is 0 Å². The van der Waals surface area contributed by atoms with E-state index in [-0.39, 0.29) is 0 Å². The number of likely N-dealkylation sites (N-methyl/N-ethyl adjacent to an activating group) is 1. The van der Waals surface area contributed by atoms with Crippen LogP contribution in [0.2, 0.25) is 0 Å². The maximum atomic E-state index is 4.49. The second kappa shape index (κ2) is 6.44. The molecule has 2 aromatic rings. The Labute approximate surface area is 128 Å². The summed E-state index contributed by atoms with van der Waals surface area (Å²) in [6.07, 6.45) is 1.00.